The summed E-state index contributed by atoms with van der Waals surface area (Å²) in [6, 6.07) is 12.5. The van der Waals surface area contributed by atoms with E-state index in [4.69, 9.17) is 0 Å². The Bertz CT molecular complexity index is 533. The summed E-state index contributed by atoms with van der Waals surface area (Å²) < 4.78 is 1.88. The lowest BCUT2D eigenvalue weighted by Crippen LogP contribution is -2.39. The van der Waals surface area contributed by atoms with Gasteiger partial charge in [-0.05, 0) is 25.5 Å². The van der Waals surface area contributed by atoms with E-state index in [1.165, 1.54) is 5.56 Å². The molecule has 0 aliphatic carbocycles. The molecule has 0 radical (unpaired) electrons. The van der Waals surface area contributed by atoms with Crippen LogP contribution in [0.15, 0.2) is 53.8 Å². The molecule has 5 nitrogen and oxygen atoms in total. The highest BCUT2D eigenvalue weighted by molar-refractivity contribution is 5.80. The summed E-state index contributed by atoms with van der Waals surface area (Å²) >= 11 is 0. The van der Waals surface area contributed by atoms with Crippen LogP contribution in [0.3, 0.4) is 0 Å². The topological polar surface area (TPSA) is 54.2 Å². The summed E-state index contributed by atoms with van der Waals surface area (Å²) in [7, 11) is 0. The highest BCUT2D eigenvalue weighted by Gasteiger charge is 2.06. The summed E-state index contributed by atoms with van der Waals surface area (Å²) in [5, 5.41) is 10.9. The van der Waals surface area contributed by atoms with E-state index >= 15 is 0 Å². The van der Waals surface area contributed by atoms with Crippen molar-refractivity contribution in [1.29, 1.82) is 0 Å². The van der Waals surface area contributed by atoms with Gasteiger partial charge in [-0.1, -0.05) is 30.3 Å². The highest BCUT2D eigenvalue weighted by Crippen LogP contribution is 2.10. The maximum absolute atomic E-state index is 4.59. The molecule has 1 atom stereocenters. The number of aromatic nitrogens is 2. The van der Waals surface area contributed by atoms with E-state index in [2.05, 4.69) is 58.8 Å². The van der Waals surface area contributed by atoms with Crippen LogP contribution < -0.4 is 10.6 Å². The van der Waals surface area contributed by atoms with Crippen molar-refractivity contribution in [2.24, 2.45) is 4.99 Å². The number of benzene rings is 1. The zero-order valence-corrected chi connectivity index (χ0v) is 12.7. The standard InChI is InChI=1S/C16H23N5/c1-3-17-16(18-11-13-21-12-7-10-19-21)20-14(2)15-8-5-4-6-9-15/h4-10,12,14H,3,11,13H2,1-2H3,(H2,17,18,20). The number of rotatable bonds is 6. The van der Waals surface area contributed by atoms with Gasteiger partial charge in [0.15, 0.2) is 5.96 Å². The molecular formula is C16H23N5. The normalized spacial score (nSPS) is 13.0. The van der Waals surface area contributed by atoms with Gasteiger partial charge in [0.1, 0.15) is 0 Å². The van der Waals surface area contributed by atoms with E-state index in [0.717, 1.165) is 19.0 Å². The van der Waals surface area contributed by atoms with Crippen LogP contribution in [-0.2, 0) is 6.54 Å². The minimum absolute atomic E-state index is 0.216. The smallest absolute Gasteiger partial charge is 0.191 e. The fraction of sp³-hybridized carbons (Fsp3) is 0.375. The molecule has 21 heavy (non-hydrogen) atoms. The first-order chi connectivity index (χ1) is 10.3. The van der Waals surface area contributed by atoms with Crippen molar-refractivity contribution in [3.8, 4) is 0 Å². The first-order valence-corrected chi connectivity index (χ1v) is 7.37. The van der Waals surface area contributed by atoms with E-state index in [9.17, 15) is 0 Å². The molecule has 0 bridgehead atoms. The fourth-order valence-electron chi connectivity index (χ4n) is 2.05. The molecule has 1 aromatic carbocycles. The van der Waals surface area contributed by atoms with Gasteiger partial charge in [-0.25, -0.2) is 0 Å². The van der Waals surface area contributed by atoms with Crippen LogP contribution in [0.25, 0.3) is 0 Å². The average Bonchev–Trinajstić information content (AvgIpc) is 3.01. The molecule has 0 fully saturated rings. The van der Waals surface area contributed by atoms with Crippen LogP contribution in [0.2, 0.25) is 0 Å². The van der Waals surface area contributed by atoms with Crippen LogP contribution in [0.5, 0.6) is 0 Å². The molecule has 0 amide bonds. The van der Waals surface area contributed by atoms with Gasteiger partial charge in [-0.2, -0.15) is 5.10 Å². The van der Waals surface area contributed by atoms with Gasteiger partial charge in [0.05, 0.1) is 19.1 Å². The molecule has 0 spiro atoms. The van der Waals surface area contributed by atoms with Crippen molar-refractivity contribution in [2.75, 3.05) is 13.1 Å². The van der Waals surface area contributed by atoms with Gasteiger partial charge in [0.2, 0.25) is 0 Å². The minimum atomic E-state index is 0.216. The predicted molar refractivity (Wildman–Crippen MR) is 86.2 cm³/mol. The SMILES string of the molecule is CCNC(=NCCn1cccn1)NC(C)c1ccccc1. The zero-order chi connectivity index (χ0) is 14.9. The molecule has 1 aromatic heterocycles. The Hall–Kier alpha value is -2.30. The van der Waals surface area contributed by atoms with Crippen molar-refractivity contribution >= 4 is 5.96 Å². The first kappa shape index (κ1) is 15.1. The minimum Gasteiger partial charge on any atom is -0.357 e. The third-order valence-corrected chi connectivity index (χ3v) is 3.16. The molecule has 1 heterocycles. The Morgan fingerprint density at radius 1 is 1.29 bits per heavy atom. The maximum Gasteiger partial charge on any atom is 0.191 e. The number of guanidine groups is 1. The monoisotopic (exact) mass is 285 g/mol. The summed E-state index contributed by atoms with van der Waals surface area (Å²) in [6.07, 6.45) is 3.73. The van der Waals surface area contributed by atoms with Crippen LogP contribution in [0.1, 0.15) is 25.5 Å². The quantitative estimate of drug-likeness (QED) is 0.632. The Morgan fingerprint density at radius 3 is 2.76 bits per heavy atom. The number of nitrogens with one attached hydrogen (secondary N) is 2. The lowest BCUT2D eigenvalue weighted by molar-refractivity contribution is 0.617. The molecule has 2 N–H and O–H groups in total. The fourth-order valence-corrected chi connectivity index (χ4v) is 2.05. The van der Waals surface area contributed by atoms with Crippen molar-refractivity contribution in [3.05, 3.63) is 54.4 Å². The van der Waals surface area contributed by atoms with Crippen LogP contribution >= 0.6 is 0 Å². The van der Waals surface area contributed by atoms with Gasteiger partial charge < -0.3 is 10.6 Å². The second-order valence-corrected chi connectivity index (χ2v) is 4.81. The lowest BCUT2D eigenvalue weighted by atomic mass is 10.1. The Labute approximate surface area is 126 Å². The lowest BCUT2D eigenvalue weighted by Gasteiger charge is -2.18. The summed E-state index contributed by atoms with van der Waals surface area (Å²) in [6.45, 7) is 6.52. The number of hydrogen-bond donors (Lipinski definition) is 2. The van der Waals surface area contributed by atoms with E-state index in [0.29, 0.717) is 6.54 Å². The van der Waals surface area contributed by atoms with Gasteiger partial charge >= 0.3 is 0 Å². The van der Waals surface area contributed by atoms with Crippen molar-refractivity contribution in [2.45, 2.75) is 26.4 Å². The summed E-state index contributed by atoms with van der Waals surface area (Å²) in [4.78, 5) is 4.59. The summed E-state index contributed by atoms with van der Waals surface area (Å²) in [5.74, 6) is 0.834. The number of aliphatic imine (C=N–C) groups is 1. The van der Waals surface area contributed by atoms with Crippen molar-refractivity contribution < 1.29 is 0 Å². The van der Waals surface area contributed by atoms with Gasteiger partial charge in [0, 0.05) is 18.9 Å². The third kappa shape index (κ3) is 4.95. The van der Waals surface area contributed by atoms with Gasteiger partial charge in [-0.3, -0.25) is 9.67 Å². The molecule has 0 aliphatic rings. The van der Waals surface area contributed by atoms with E-state index < -0.39 is 0 Å². The Balaban J connectivity index is 1.91. The number of hydrogen-bond acceptors (Lipinski definition) is 2. The molecule has 0 saturated carbocycles. The maximum atomic E-state index is 4.59. The third-order valence-electron chi connectivity index (χ3n) is 3.16. The first-order valence-electron chi connectivity index (χ1n) is 7.37. The van der Waals surface area contributed by atoms with Crippen molar-refractivity contribution in [3.63, 3.8) is 0 Å². The molecule has 2 rings (SSSR count). The van der Waals surface area contributed by atoms with Crippen LogP contribution in [0, 0.1) is 0 Å². The highest BCUT2D eigenvalue weighted by atomic mass is 15.3. The van der Waals surface area contributed by atoms with Gasteiger partial charge in [-0.15, -0.1) is 0 Å². The van der Waals surface area contributed by atoms with Crippen LogP contribution in [0.4, 0.5) is 0 Å². The molecule has 0 aliphatic heterocycles. The Kier molecular flexibility index (Phi) is 5.82. The zero-order valence-electron chi connectivity index (χ0n) is 12.7. The molecular weight excluding hydrogens is 262 g/mol. The van der Waals surface area contributed by atoms with Crippen LogP contribution in [-0.4, -0.2) is 28.8 Å². The second-order valence-electron chi connectivity index (χ2n) is 4.81. The largest absolute Gasteiger partial charge is 0.357 e. The number of nitrogens with zero attached hydrogens (tertiary/aromatic N) is 3. The van der Waals surface area contributed by atoms with E-state index in [1.54, 1.807) is 6.20 Å². The molecule has 0 saturated heterocycles. The van der Waals surface area contributed by atoms with Gasteiger partial charge in [0.25, 0.3) is 0 Å². The van der Waals surface area contributed by atoms with E-state index in [-0.39, 0.29) is 6.04 Å². The van der Waals surface area contributed by atoms with Crippen molar-refractivity contribution in [1.82, 2.24) is 20.4 Å². The van der Waals surface area contributed by atoms with E-state index in [1.807, 2.05) is 23.0 Å². The molecule has 5 heteroatoms. The summed E-state index contributed by atoms with van der Waals surface area (Å²) in [5.41, 5.74) is 1.25. The molecule has 2 aromatic rings. The predicted octanol–water partition coefficient (Wildman–Crippen LogP) is 2.20. The average molecular weight is 285 g/mol. The second kappa shape index (κ2) is 8.09. The molecule has 112 valence electrons. The molecule has 1 unspecified atom stereocenters. The Morgan fingerprint density at radius 2 is 2.10 bits per heavy atom.